The van der Waals surface area contributed by atoms with Gasteiger partial charge in [-0.2, -0.15) is 0 Å². The van der Waals surface area contributed by atoms with E-state index >= 15 is 0 Å². The lowest BCUT2D eigenvalue weighted by atomic mass is 9.78. The number of urea groups is 1. The van der Waals surface area contributed by atoms with Crippen LogP contribution in [-0.4, -0.2) is 48.4 Å². The number of imide groups is 1. The average Bonchev–Trinajstić information content (AvgIpc) is 3.55. The molecule has 2 aliphatic heterocycles. The van der Waals surface area contributed by atoms with E-state index in [1.165, 1.54) is 4.90 Å². The van der Waals surface area contributed by atoms with Crippen molar-refractivity contribution in [1.29, 1.82) is 0 Å². The number of hydrogen-bond acceptors (Lipinski definition) is 3. The molecule has 0 saturated carbocycles. The smallest absolute Gasteiger partial charge is 0.328 e. The summed E-state index contributed by atoms with van der Waals surface area (Å²) in [6.07, 6.45) is 6.28. The van der Waals surface area contributed by atoms with Crippen molar-refractivity contribution in [2.24, 2.45) is 0 Å². The maximum absolute atomic E-state index is 14.0. The van der Waals surface area contributed by atoms with Gasteiger partial charge in [-0.1, -0.05) is 53.2 Å². The average molecular weight is 518 g/mol. The number of carbonyl (C=O) groups is 2. The van der Waals surface area contributed by atoms with E-state index in [4.69, 9.17) is 0 Å². The van der Waals surface area contributed by atoms with Crippen molar-refractivity contribution in [3.63, 3.8) is 0 Å². The monoisotopic (exact) mass is 517 g/mol. The van der Waals surface area contributed by atoms with Gasteiger partial charge < -0.3 is 9.55 Å². The highest BCUT2D eigenvalue weighted by molar-refractivity contribution is 9.10. The summed E-state index contributed by atoms with van der Waals surface area (Å²) in [6.45, 7) is 2.84. The standard InChI is InChI=1S/C26H24BrN5O2/c1-2-26-15-20-19-14-18(27)8-9-21(19)29-22(20)23(17-6-4-3-5-7-17)32(26)25(34)31(24(26)33)13-12-30-11-10-28-16-30/h3-11,14,16,23,29H,2,12-13,15H2,1H3. The van der Waals surface area contributed by atoms with Gasteiger partial charge in [0.2, 0.25) is 0 Å². The number of aromatic nitrogens is 3. The van der Waals surface area contributed by atoms with E-state index in [0.717, 1.165) is 32.2 Å². The number of carbonyl (C=O) groups excluding carboxylic acids is 2. The SMILES string of the molecule is CCC12Cc3c([nH]c4ccc(Br)cc34)C(c3ccccc3)N1C(=O)N(CCn1ccnc1)C2=O. The van der Waals surface area contributed by atoms with Gasteiger partial charge in [-0.05, 0) is 35.7 Å². The second-order valence-corrected chi connectivity index (χ2v) is 9.91. The third-order valence-electron chi connectivity index (χ3n) is 7.28. The van der Waals surface area contributed by atoms with Gasteiger partial charge in [-0.3, -0.25) is 14.6 Å². The minimum absolute atomic E-state index is 0.115. The molecule has 0 aliphatic carbocycles. The molecule has 8 heteroatoms. The highest BCUT2D eigenvalue weighted by Gasteiger charge is 2.61. The van der Waals surface area contributed by atoms with Crippen LogP contribution in [0.5, 0.6) is 0 Å². The zero-order valence-electron chi connectivity index (χ0n) is 18.7. The van der Waals surface area contributed by atoms with E-state index in [2.05, 4.69) is 32.0 Å². The molecule has 6 rings (SSSR count). The first-order valence-corrected chi connectivity index (χ1v) is 12.3. The number of nitrogens with one attached hydrogen (secondary N) is 1. The van der Waals surface area contributed by atoms with Crippen LogP contribution in [0.3, 0.4) is 0 Å². The molecule has 2 aromatic carbocycles. The second kappa shape index (κ2) is 7.84. The van der Waals surface area contributed by atoms with E-state index in [1.54, 1.807) is 12.5 Å². The highest BCUT2D eigenvalue weighted by Crippen LogP contribution is 2.50. The Morgan fingerprint density at radius 3 is 2.71 bits per heavy atom. The molecule has 4 heterocycles. The number of nitrogens with zero attached hydrogens (tertiary/aromatic N) is 4. The largest absolute Gasteiger partial charge is 0.356 e. The normalized spacial score (nSPS) is 21.9. The molecule has 0 bridgehead atoms. The Morgan fingerprint density at radius 2 is 1.97 bits per heavy atom. The molecule has 1 fully saturated rings. The Hall–Kier alpha value is -3.39. The third-order valence-corrected chi connectivity index (χ3v) is 7.78. The summed E-state index contributed by atoms with van der Waals surface area (Å²) in [6, 6.07) is 15.6. The van der Waals surface area contributed by atoms with Gasteiger partial charge in [0.15, 0.2) is 0 Å². The zero-order valence-corrected chi connectivity index (χ0v) is 20.3. The van der Waals surface area contributed by atoms with Crippen molar-refractivity contribution in [3.05, 3.63) is 88.5 Å². The Morgan fingerprint density at radius 1 is 1.15 bits per heavy atom. The van der Waals surface area contributed by atoms with Crippen molar-refractivity contribution in [2.75, 3.05) is 6.54 Å². The lowest BCUT2D eigenvalue weighted by molar-refractivity contribution is -0.134. The van der Waals surface area contributed by atoms with E-state index < -0.39 is 5.54 Å². The Kier molecular flexibility index (Phi) is 4.88. The first-order chi connectivity index (χ1) is 16.5. The second-order valence-electron chi connectivity index (χ2n) is 8.99. The predicted molar refractivity (Wildman–Crippen MR) is 132 cm³/mol. The van der Waals surface area contributed by atoms with Crippen molar-refractivity contribution in [1.82, 2.24) is 24.3 Å². The van der Waals surface area contributed by atoms with Gasteiger partial charge in [0, 0.05) is 53.0 Å². The molecule has 4 aromatic rings. The molecule has 2 aromatic heterocycles. The van der Waals surface area contributed by atoms with Crippen LogP contribution < -0.4 is 0 Å². The molecule has 2 unspecified atom stereocenters. The van der Waals surface area contributed by atoms with Crippen LogP contribution >= 0.6 is 15.9 Å². The molecule has 0 radical (unpaired) electrons. The van der Waals surface area contributed by atoms with Crippen molar-refractivity contribution in [2.45, 2.75) is 37.9 Å². The van der Waals surface area contributed by atoms with Crippen LogP contribution in [0, 0.1) is 0 Å². The van der Waals surface area contributed by atoms with Gasteiger partial charge in [0.1, 0.15) is 11.6 Å². The van der Waals surface area contributed by atoms with Crippen LogP contribution in [0.4, 0.5) is 4.79 Å². The topological polar surface area (TPSA) is 74.2 Å². The number of imidazole rings is 1. The lowest BCUT2D eigenvalue weighted by Crippen LogP contribution is -2.55. The maximum Gasteiger partial charge on any atom is 0.328 e. The first kappa shape index (κ1) is 21.2. The summed E-state index contributed by atoms with van der Waals surface area (Å²) in [5.41, 5.74) is 3.18. The molecule has 7 nitrogen and oxygen atoms in total. The first-order valence-electron chi connectivity index (χ1n) is 11.5. The van der Waals surface area contributed by atoms with Crippen molar-refractivity contribution < 1.29 is 9.59 Å². The van der Waals surface area contributed by atoms with Crippen molar-refractivity contribution >= 4 is 38.8 Å². The summed E-state index contributed by atoms with van der Waals surface area (Å²) >= 11 is 3.60. The molecule has 2 aliphatic rings. The molecular formula is C26H24BrN5O2. The van der Waals surface area contributed by atoms with Gasteiger partial charge in [0.25, 0.3) is 5.91 Å². The quantitative estimate of drug-likeness (QED) is 0.383. The van der Waals surface area contributed by atoms with Gasteiger partial charge in [0.05, 0.1) is 6.33 Å². The van der Waals surface area contributed by atoms with Crippen LogP contribution in [-0.2, 0) is 17.8 Å². The highest BCUT2D eigenvalue weighted by atomic mass is 79.9. The minimum atomic E-state index is -0.920. The van der Waals surface area contributed by atoms with E-state index in [-0.39, 0.29) is 18.0 Å². The molecule has 0 spiro atoms. The third kappa shape index (κ3) is 2.98. The lowest BCUT2D eigenvalue weighted by Gasteiger charge is -2.44. The maximum atomic E-state index is 14.0. The number of rotatable bonds is 5. The van der Waals surface area contributed by atoms with Gasteiger partial charge in [-0.15, -0.1) is 0 Å². The number of amides is 3. The van der Waals surface area contributed by atoms with E-state index in [9.17, 15) is 9.59 Å². The summed E-state index contributed by atoms with van der Waals surface area (Å²) < 4.78 is 2.88. The van der Waals surface area contributed by atoms with Crippen LogP contribution in [0.25, 0.3) is 10.9 Å². The number of fused-ring (bicyclic) bond motifs is 4. The minimum Gasteiger partial charge on any atom is -0.356 e. The number of halogens is 1. The number of benzene rings is 2. The fourth-order valence-corrected chi connectivity index (χ4v) is 5.95. The molecule has 172 valence electrons. The Bertz CT molecular complexity index is 1400. The fourth-order valence-electron chi connectivity index (χ4n) is 5.59. The summed E-state index contributed by atoms with van der Waals surface area (Å²) in [5.74, 6) is -0.115. The molecule has 1 saturated heterocycles. The number of aromatic amines is 1. The summed E-state index contributed by atoms with van der Waals surface area (Å²) in [4.78, 5) is 38.9. The Balaban J connectivity index is 1.52. The van der Waals surface area contributed by atoms with E-state index in [0.29, 0.717) is 25.9 Å². The van der Waals surface area contributed by atoms with Crippen LogP contribution in [0.1, 0.15) is 36.2 Å². The van der Waals surface area contributed by atoms with Crippen molar-refractivity contribution in [3.8, 4) is 0 Å². The number of H-pyrrole nitrogens is 1. The Labute approximate surface area is 205 Å². The zero-order chi connectivity index (χ0) is 23.4. The molecule has 1 N–H and O–H groups in total. The summed E-state index contributed by atoms with van der Waals surface area (Å²) in [5, 5.41) is 1.09. The molecule has 3 amide bonds. The summed E-state index contributed by atoms with van der Waals surface area (Å²) in [7, 11) is 0. The van der Waals surface area contributed by atoms with Crippen LogP contribution in [0.2, 0.25) is 0 Å². The van der Waals surface area contributed by atoms with E-state index in [1.807, 2.05) is 65.1 Å². The van der Waals surface area contributed by atoms with Gasteiger partial charge in [-0.25, -0.2) is 9.78 Å². The van der Waals surface area contributed by atoms with Crippen LogP contribution in [0.15, 0.2) is 71.7 Å². The molecule has 34 heavy (non-hydrogen) atoms. The van der Waals surface area contributed by atoms with Gasteiger partial charge >= 0.3 is 6.03 Å². The predicted octanol–water partition coefficient (Wildman–Crippen LogP) is 4.89. The molecular weight excluding hydrogens is 494 g/mol. The fraction of sp³-hybridized carbons (Fsp3) is 0.269. The number of hydrogen-bond donors (Lipinski definition) is 1. The molecule has 2 atom stereocenters.